The first-order valence-corrected chi connectivity index (χ1v) is 7.53. The minimum absolute atomic E-state index is 0.307. The van der Waals surface area contributed by atoms with Gasteiger partial charge in [-0.15, -0.1) is 0 Å². The van der Waals surface area contributed by atoms with E-state index in [-0.39, 0.29) is 13.1 Å². The Kier molecular flexibility index (Phi) is 5.39. The predicted octanol–water partition coefficient (Wildman–Crippen LogP) is 2.78. The molecule has 0 unspecified atom stereocenters. The molecule has 1 aliphatic rings. The Hall–Kier alpha value is -1.80. The van der Waals surface area contributed by atoms with Crippen LogP contribution in [0.2, 0.25) is 5.02 Å². The number of aliphatic carboxylic acids is 1. The third-order valence-corrected chi connectivity index (χ3v) is 4.20. The number of amides is 1. The van der Waals surface area contributed by atoms with Gasteiger partial charge in [0, 0.05) is 23.8 Å². The summed E-state index contributed by atoms with van der Waals surface area (Å²) in [6.45, 7) is 0.607. The van der Waals surface area contributed by atoms with E-state index in [0.29, 0.717) is 16.3 Å². The quantitative estimate of drug-likeness (QED) is 0.862. The van der Waals surface area contributed by atoms with Crippen molar-refractivity contribution in [3.63, 3.8) is 0 Å². The normalized spacial score (nSPS) is 21.7. The maximum Gasteiger partial charge on any atom is 0.393 e. The predicted molar refractivity (Wildman–Crippen MR) is 81.9 cm³/mol. The number of carboxylic acids is 1. The Morgan fingerprint density at radius 2 is 2.04 bits per heavy atom. The van der Waals surface area contributed by atoms with E-state index in [1.54, 1.807) is 25.1 Å². The van der Waals surface area contributed by atoms with Gasteiger partial charge in [-0.25, -0.2) is 0 Å². The highest BCUT2D eigenvalue weighted by Crippen LogP contribution is 2.37. The van der Waals surface area contributed by atoms with Crippen LogP contribution in [0.5, 0.6) is 0 Å². The lowest BCUT2D eigenvalue weighted by atomic mass is 9.96. The van der Waals surface area contributed by atoms with Crippen molar-refractivity contribution in [2.24, 2.45) is 11.8 Å². The van der Waals surface area contributed by atoms with Crippen LogP contribution >= 0.6 is 11.6 Å². The van der Waals surface area contributed by atoms with Gasteiger partial charge in [0.15, 0.2) is 0 Å². The van der Waals surface area contributed by atoms with Crippen molar-refractivity contribution in [1.29, 1.82) is 0 Å². The molecule has 1 amide bonds. The molecule has 1 aromatic carbocycles. The average Bonchev–Trinajstić information content (AvgIpc) is 2.86. The lowest BCUT2D eigenvalue weighted by Crippen LogP contribution is -2.34. The van der Waals surface area contributed by atoms with Gasteiger partial charge in [-0.05, 0) is 30.7 Å². The fourth-order valence-electron chi connectivity index (χ4n) is 2.76. The van der Waals surface area contributed by atoms with Crippen LogP contribution < -0.4 is 5.32 Å². The van der Waals surface area contributed by atoms with Crippen LogP contribution in [0.4, 0.5) is 18.9 Å². The number of nitrogens with zero attached hydrogens (tertiary/aromatic N) is 1. The van der Waals surface area contributed by atoms with Crippen molar-refractivity contribution in [1.82, 2.24) is 4.90 Å². The summed E-state index contributed by atoms with van der Waals surface area (Å²) in [5.74, 6) is -5.55. The van der Waals surface area contributed by atoms with E-state index in [1.807, 2.05) is 0 Å². The molecular weight excluding hydrogens is 349 g/mol. The standard InChI is InChI=1S/C15H16ClF3N2O3/c1-8-4-9(16)2-3-12(8)20-13(22)7-21-5-10(14(23)24)11(6-21)15(17,18)19/h2-4,10-11H,5-7H2,1H3,(H,20,22)(H,23,24)/t10-,11-/m1/s1. The Labute approximate surface area is 141 Å². The molecule has 1 heterocycles. The Bertz CT molecular complexity index is 651. The highest BCUT2D eigenvalue weighted by atomic mass is 35.5. The van der Waals surface area contributed by atoms with Gasteiger partial charge in [0.05, 0.1) is 18.4 Å². The molecule has 5 nitrogen and oxygen atoms in total. The summed E-state index contributed by atoms with van der Waals surface area (Å²) in [6, 6.07) is 4.82. The van der Waals surface area contributed by atoms with Crippen LogP contribution in [0.15, 0.2) is 18.2 Å². The summed E-state index contributed by atoms with van der Waals surface area (Å²) in [7, 11) is 0. The maximum absolute atomic E-state index is 12.9. The van der Waals surface area contributed by atoms with Gasteiger partial charge >= 0.3 is 12.1 Å². The van der Waals surface area contributed by atoms with Crippen LogP contribution in [-0.4, -0.2) is 47.7 Å². The SMILES string of the molecule is Cc1cc(Cl)ccc1NC(=O)CN1C[C@@H](C(F)(F)F)[C@H](C(=O)O)C1. The van der Waals surface area contributed by atoms with E-state index in [4.69, 9.17) is 16.7 Å². The number of alkyl halides is 3. The molecule has 1 saturated heterocycles. The molecule has 0 saturated carbocycles. The molecule has 1 aliphatic heterocycles. The second-order valence-electron chi connectivity index (χ2n) is 5.79. The monoisotopic (exact) mass is 364 g/mol. The molecule has 24 heavy (non-hydrogen) atoms. The van der Waals surface area contributed by atoms with E-state index >= 15 is 0 Å². The Balaban J connectivity index is 2.00. The number of nitrogens with one attached hydrogen (secondary N) is 1. The molecule has 0 aromatic heterocycles. The van der Waals surface area contributed by atoms with Crippen molar-refractivity contribution >= 4 is 29.2 Å². The third kappa shape index (κ3) is 4.39. The first-order chi connectivity index (χ1) is 11.1. The topological polar surface area (TPSA) is 69.6 Å². The second kappa shape index (κ2) is 6.98. The van der Waals surface area contributed by atoms with Gasteiger partial charge in [-0.3, -0.25) is 14.5 Å². The molecule has 2 rings (SSSR count). The molecule has 9 heteroatoms. The van der Waals surface area contributed by atoms with Crippen LogP contribution in [-0.2, 0) is 9.59 Å². The number of benzene rings is 1. The minimum Gasteiger partial charge on any atom is -0.481 e. The summed E-state index contributed by atoms with van der Waals surface area (Å²) in [5, 5.41) is 12.1. The van der Waals surface area contributed by atoms with E-state index in [2.05, 4.69) is 5.32 Å². The number of rotatable bonds is 4. The van der Waals surface area contributed by atoms with Gasteiger partial charge in [0.2, 0.25) is 5.91 Å². The highest BCUT2D eigenvalue weighted by Gasteiger charge is 2.52. The fraction of sp³-hybridized carbons (Fsp3) is 0.467. The van der Waals surface area contributed by atoms with Gasteiger partial charge in [-0.1, -0.05) is 11.6 Å². The van der Waals surface area contributed by atoms with Crippen LogP contribution in [0.25, 0.3) is 0 Å². The summed E-state index contributed by atoms with van der Waals surface area (Å²) in [4.78, 5) is 24.2. The molecule has 0 aliphatic carbocycles. The third-order valence-electron chi connectivity index (χ3n) is 3.96. The lowest BCUT2D eigenvalue weighted by molar-refractivity contribution is -0.188. The minimum atomic E-state index is -4.61. The van der Waals surface area contributed by atoms with Crippen LogP contribution in [0.1, 0.15) is 5.56 Å². The number of carboxylic acid groups (broad SMARTS) is 1. The lowest BCUT2D eigenvalue weighted by Gasteiger charge is -2.18. The summed E-state index contributed by atoms with van der Waals surface area (Å²) >= 11 is 5.81. The Morgan fingerprint density at radius 3 is 2.54 bits per heavy atom. The second-order valence-corrected chi connectivity index (χ2v) is 6.23. The fourth-order valence-corrected chi connectivity index (χ4v) is 2.98. The maximum atomic E-state index is 12.9. The van der Waals surface area contributed by atoms with Gasteiger partial charge in [0.25, 0.3) is 0 Å². The number of likely N-dealkylation sites (tertiary alicyclic amines) is 1. The zero-order valence-corrected chi connectivity index (χ0v) is 13.5. The molecule has 1 aromatic rings. The number of anilines is 1. The molecule has 0 radical (unpaired) electrons. The van der Waals surface area contributed by atoms with Crippen molar-refractivity contribution in [3.05, 3.63) is 28.8 Å². The van der Waals surface area contributed by atoms with E-state index in [0.717, 1.165) is 0 Å². The molecule has 132 valence electrons. The molecule has 1 fully saturated rings. The molecule has 2 atom stereocenters. The van der Waals surface area contributed by atoms with Gasteiger partial charge in [0.1, 0.15) is 0 Å². The summed E-state index contributed by atoms with van der Waals surface area (Å²) < 4.78 is 38.7. The summed E-state index contributed by atoms with van der Waals surface area (Å²) in [6.07, 6.45) is -4.61. The smallest absolute Gasteiger partial charge is 0.393 e. The van der Waals surface area contributed by atoms with Crippen molar-refractivity contribution in [3.8, 4) is 0 Å². The van der Waals surface area contributed by atoms with Crippen LogP contribution in [0.3, 0.4) is 0 Å². The first kappa shape index (κ1) is 18.5. The molecular formula is C15H16ClF3N2O3. The van der Waals surface area contributed by atoms with Crippen LogP contribution in [0, 0.1) is 18.8 Å². The average molecular weight is 365 g/mol. The van der Waals surface area contributed by atoms with Crippen molar-refractivity contribution in [2.75, 3.05) is 25.0 Å². The number of hydrogen-bond acceptors (Lipinski definition) is 3. The number of carbonyl (C=O) groups excluding carboxylic acids is 1. The number of halogens is 4. The van der Waals surface area contributed by atoms with Crippen molar-refractivity contribution < 1.29 is 27.9 Å². The first-order valence-electron chi connectivity index (χ1n) is 7.16. The van der Waals surface area contributed by atoms with E-state index in [9.17, 15) is 22.8 Å². The molecule has 0 bridgehead atoms. The molecule has 0 spiro atoms. The van der Waals surface area contributed by atoms with Gasteiger partial charge < -0.3 is 10.4 Å². The molecule has 2 N–H and O–H groups in total. The van der Waals surface area contributed by atoms with Gasteiger partial charge in [-0.2, -0.15) is 13.2 Å². The number of aryl methyl sites for hydroxylation is 1. The Morgan fingerprint density at radius 1 is 1.38 bits per heavy atom. The number of carbonyl (C=O) groups is 2. The summed E-state index contributed by atoms with van der Waals surface area (Å²) in [5.41, 5.74) is 1.22. The van der Waals surface area contributed by atoms with E-state index < -0.39 is 36.4 Å². The van der Waals surface area contributed by atoms with E-state index in [1.165, 1.54) is 4.90 Å². The highest BCUT2D eigenvalue weighted by molar-refractivity contribution is 6.30. The number of hydrogen-bond donors (Lipinski definition) is 2. The zero-order valence-electron chi connectivity index (χ0n) is 12.7. The largest absolute Gasteiger partial charge is 0.481 e. The van der Waals surface area contributed by atoms with Crippen molar-refractivity contribution in [2.45, 2.75) is 13.1 Å². The zero-order chi connectivity index (χ0) is 18.1.